The lowest BCUT2D eigenvalue weighted by molar-refractivity contribution is -0.0466. The zero-order valence-electron chi connectivity index (χ0n) is 8.23. The molecule has 0 amide bonds. The van der Waals surface area contributed by atoms with Crippen LogP contribution >= 0.6 is 0 Å². The zero-order valence-corrected chi connectivity index (χ0v) is 8.23. The van der Waals surface area contributed by atoms with Gasteiger partial charge in [-0.05, 0) is 10.9 Å². The van der Waals surface area contributed by atoms with E-state index in [2.05, 4.69) is 10.5 Å². The predicted molar refractivity (Wildman–Crippen MR) is 53.9 cm³/mol. The van der Waals surface area contributed by atoms with Crippen molar-refractivity contribution in [3.05, 3.63) is 47.9 Å². The number of hydrazine groups is 1. The van der Waals surface area contributed by atoms with Crippen LogP contribution in [-0.4, -0.2) is 11.3 Å². The molecule has 2 rings (SSSR count). The number of nitrogens with one attached hydrogen (secondary N) is 1. The molecule has 0 fully saturated rings. The van der Waals surface area contributed by atoms with Gasteiger partial charge in [-0.3, -0.25) is 0 Å². The van der Waals surface area contributed by atoms with E-state index in [9.17, 15) is 8.87 Å². The third-order valence-corrected chi connectivity index (χ3v) is 1.87. The van der Waals surface area contributed by atoms with E-state index in [0.29, 0.717) is 0 Å². The lowest BCUT2D eigenvalue weighted by atomic mass is 10.2. The monoisotopic (exact) mass is 225 g/mol. The Kier molecular flexibility index (Phi) is 3.00. The van der Waals surface area contributed by atoms with Crippen molar-refractivity contribution in [2.24, 2.45) is 5.10 Å². The molecule has 1 aliphatic heterocycles. The Balaban J connectivity index is 1.94. The van der Waals surface area contributed by atoms with Crippen LogP contribution in [0.15, 0.2) is 47.4 Å². The van der Waals surface area contributed by atoms with E-state index in [-0.39, 0.29) is 17.8 Å². The Morgan fingerprint density at radius 3 is 2.75 bits per heavy atom. The number of ether oxygens (including phenoxy) is 1. The second-order valence-electron chi connectivity index (χ2n) is 3.08. The first kappa shape index (κ1) is 10.4. The molecule has 1 aromatic rings. The summed E-state index contributed by atoms with van der Waals surface area (Å²) in [5.74, 6) is -0.983. The van der Waals surface area contributed by atoms with Crippen molar-refractivity contribution < 1.29 is 13.6 Å². The number of benzene rings is 1. The second kappa shape index (κ2) is 4.61. The van der Waals surface area contributed by atoms with Gasteiger partial charge in [-0.15, -0.1) is 0 Å². The maximum Gasteiger partial charge on any atom is 0.240 e. The Labute approximate surface area is 90.7 Å². The molecule has 0 atom stereocenters. The standard InChI is InChI=1S/C10H9F2N3O/c11-9-6-10(14-15(12)13-9)16-7-8-4-2-1-3-5-8/h1-6,14H,7H2. The number of hydrogen-bond acceptors (Lipinski definition) is 4. The fourth-order valence-electron chi connectivity index (χ4n) is 1.18. The molecule has 0 aromatic heterocycles. The van der Waals surface area contributed by atoms with Crippen molar-refractivity contribution in [2.45, 2.75) is 6.61 Å². The van der Waals surface area contributed by atoms with Gasteiger partial charge in [0.1, 0.15) is 6.61 Å². The molecule has 6 heteroatoms. The summed E-state index contributed by atoms with van der Waals surface area (Å²) in [6.45, 7) is 0.223. The quantitative estimate of drug-likeness (QED) is 0.800. The topological polar surface area (TPSA) is 36.9 Å². The predicted octanol–water partition coefficient (Wildman–Crippen LogP) is 2.03. The first-order valence-corrected chi connectivity index (χ1v) is 4.59. The van der Waals surface area contributed by atoms with Crippen molar-refractivity contribution in [3.8, 4) is 0 Å². The van der Waals surface area contributed by atoms with Crippen LogP contribution in [0.25, 0.3) is 0 Å². The summed E-state index contributed by atoms with van der Waals surface area (Å²) in [7, 11) is 0. The maximum atomic E-state index is 12.7. The van der Waals surface area contributed by atoms with Crippen LogP contribution in [-0.2, 0) is 11.3 Å². The van der Waals surface area contributed by atoms with E-state index >= 15 is 0 Å². The molecule has 0 saturated heterocycles. The average molecular weight is 225 g/mol. The molecule has 0 radical (unpaired) electrons. The van der Waals surface area contributed by atoms with Gasteiger partial charge in [0, 0.05) is 0 Å². The van der Waals surface area contributed by atoms with Gasteiger partial charge in [-0.25, -0.2) is 5.43 Å². The van der Waals surface area contributed by atoms with Gasteiger partial charge in [0.05, 0.1) is 6.08 Å². The minimum absolute atomic E-state index is 0.0288. The van der Waals surface area contributed by atoms with Crippen molar-refractivity contribution >= 4 is 5.97 Å². The van der Waals surface area contributed by atoms with E-state index in [0.717, 1.165) is 11.6 Å². The van der Waals surface area contributed by atoms with Gasteiger partial charge in [0.2, 0.25) is 11.8 Å². The second-order valence-corrected chi connectivity index (χ2v) is 3.08. The molecule has 1 aromatic carbocycles. The van der Waals surface area contributed by atoms with Gasteiger partial charge in [0.25, 0.3) is 0 Å². The highest BCUT2D eigenvalue weighted by atomic mass is 19.2. The van der Waals surface area contributed by atoms with Gasteiger partial charge < -0.3 is 4.74 Å². The van der Waals surface area contributed by atoms with Crippen LogP contribution in [0.3, 0.4) is 0 Å². The molecule has 84 valence electrons. The molecule has 16 heavy (non-hydrogen) atoms. The maximum absolute atomic E-state index is 12.7. The third-order valence-electron chi connectivity index (χ3n) is 1.87. The Hall–Kier alpha value is -2.11. The molecule has 1 heterocycles. The number of rotatable bonds is 3. The summed E-state index contributed by atoms with van der Waals surface area (Å²) in [4.78, 5) is 0. The summed E-state index contributed by atoms with van der Waals surface area (Å²) in [5.41, 5.74) is 3.00. The molecule has 4 nitrogen and oxygen atoms in total. The largest absolute Gasteiger partial charge is 0.473 e. The summed E-state index contributed by atoms with van der Waals surface area (Å²) in [6, 6.07) is 9.27. The first-order valence-electron chi connectivity index (χ1n) is 4.59. The number of nitrogens with zero attached hydrogens (tertiary/aromatic N) is 2. The van der Waals surface area contributed by atoms with E-state index in [4.69, 9.17) is 4.74 Å². The van der Waals surface area contributed by atoms with E-state index in [1.165, 1.54) is 0 Å². The minimum atomic E-state index is -0.954. The molecular formula is C10H9F2N3O. The highest BCUT2D eigenvalue weighted by Gasteiger charge is 2.12. The zero-order chi connectivity index (χ0) is 11.4. The summed E-state index contributed by atoms with van der Waals surface area (Å²) in [6.07, 6.45) is 0.971. The van der Waals surface area contributed by atoms with Crippen molar-refractivity contribution in [2.75, 3.05) is 0 Å². The Morgan fingerprint density at radius 1 is 1.31 bits per heavy atom. The van der Waals surface area contributed by atoms with Crippen LogP contribution in [0.1, 0.15) is 5.56 Å². The smallest absolute Gasteiger partial charge is 0.240 e. The summed E-state index contributed by atoms with van der Waals surface area (Å²) >= 11 is 0. The molecule has 1 N–H and O–H groups in total. The normalized spacial score (nSPS) is 15.0. The molecule has 0 bridgehead atoms. The molecule has 0 unspecified atom stereocenters. The molecule has 1 aliphatic rings. The molecule has 0 spiro atoms. The van der Waals surface area contributed by atoms with Crippen LogP contribution in [0.4, 0.5) is 8.87 Å². The number of hydrazone groups is 1. The number of hydrogen-bond donors (Lipinski definition) is 1. The van der Waals surface area contributed by atoms with Gasteiger partial charge >= 0.3 is 0 Å². The van der Waals surface area contributed by atoms with Gasteiger partial charge in [0.15, 0.2) is 0 Å². The van der Waals surface area contributed by atoms with Gasteiger partial charge in [-0.1, -0.05) is 39.9 Å². The van der Waals surface area contributed by atoms with Gasteiger partial charge in [-0.2, -0.15) is 4.39 Å². The fraction of sp³-hybridized carbons (Fsp3) is 0.100. The number of halogens is 2. The van der Waals surface area contributed by atoms with Crippen LogP contribution in [0.5, 0.6) is 0 Å². The van der Waals surface area contributed by atoms with E-state index in [1.54, 1.807) is 0 Å². The van der Waals surface area contributed by atoms with E-state index in [1.807, 2.05) is 30.3 Å². The molecule has 0 saturated carbocycles. The first-order chi connectivity index (χ1) is 7.74. The van der Waals surface area contributed by atoms with E-state index < -0.39 is 5.97 Å². The van der Waals surface area contributed by atoms with Crippen LogP contribution < -0.4 is 5.43 Å². The minimum Gasteiger partial charge on any atom is -0.473 e. The average Bonchev–Trinajstić information content (AvgIpc) is 2.27. The highest BCUT2D eigenvalue weighted by molar-refractivity contribution is 5.87. The fourth-order valence-corrected chi connectivity index (χ4v) is 1.18. The summed E-state index contributed by atoms with van der Waals surface area (Å²) < 4.78 is 30.4. The highest BCUT2D eigenvalue weighted by Crippen LogP contribution is 2.08. The lowest BCUT2D eigenvalue weighted by Gasteiger charge is -2.17. The lowest BCUT2D eigenvalue weighted by Crippen LogP contribution is -2.31. The third kappa shape index (κ3) is 2.69. The summed E-state index contributed by atoms with van der Waals surface area (Å²) in [5, 5.41) is 2.60. The SMILES string of the molecule is FC1=NN(F)NC(OCc2ccccc2)=C1. The molecular weight excluding hydrogens is 216 g/mol. The Morgan fingerprint density at radius 2 is 2.06 bits per heavy atom. The van der Waals surface area contributed by atoms with Crippen LogP contribution in [0, 0.1) is 0 Å². The van der Waals surface area contributed by atoms with Crippen molar-refractivity contribution in [1.29, 1.82) is 0 Å². The van der Waals surface area contributed by atoms with Crippen LogP contribution in [0.2, 0.25) is 0 Å². The van der Waals surface area contributed by atoms with Crippen molar-refractivity contribution in [1.82, 2.24) is 10.8 Å². The molecule has 0 aliphatic carbocycles. The van der Waals surface area contributed by atoms with Crippen molar-refractivity contribution in [3.63, 3.8) is 0 Å². The Bertz CT molecular complexity index is 419. The number of allylic oxidation sites excluding steroid dienone is 1.